The molecule has 1 aromatic rings. The quantitative estimate of drug-likeness (QED) is 0.869. The van der Waals surface area contributed by atoms with Crippen molar-refractivity contribution in [2.24, 2.45) is 5.92 Å². The number of nitrogens with zero attached hydrogens (tertiary/aromatic N) is 1. The SMILES string of the molecule is Cc1nsc(NC(=O)C2CCCOC2)c1C(=O)O. The minimum absolute atomic E-state index is 0.0741. The van der Waals surface area contributed by atoms with Crippen LogP contribution in [0.3, 0.4) is 0 Å². The number of hydrogen-bond donors (Lipinski definition) is 2. The van der Waals surface area contributed by atoms with Gasteiger partial charge in [0, 0.05) is 6.61 Å². The monoisotopic (exact) mass is 270 g/mol. The van der Waals surface area contributed by atoms with E-state index in [2.05, 4.69) is 9.69 Å². The van der Waals surface area contributed by atoms with Crippen molar-refractivity contribution in [1.82, 2.24) is 4.37 Å². The Balaban J connectivity index is 2.09. The van der Waals surface area contributed by atoms with Crippen molar-refractivity contribution >= 4 is 28.4 Å². The van der Waals surface area contributed by atoms with E-state index in [1.54, 1.807) is 6.92 Å². The first-order valence-corrected chi connectivity index (χ1v) is 6.45. The average molecular weight is 270 g/mol. The van der Waals surface area contributed by atoms with Crippen LogP contribution in [0.5, 0.6) is 0 Å². The van der Waals surface area contributed by atoms with Crippen molar-refractivity contribution in [3.8, 4) is 0 Å². The molecule has 7 heteroatoms. The van der Waals surface area contributed by atoms with Gasteiger partial charge >= 0.3 is 5.97 Å². The molecular formula is C11H14N2O4S. The molecule has 1 amide bonds. The van der Waals surface area contributed by atoms with Gasteiger partial charge in [-0.05, 0) is 31.3 Å². The maximum atomic E-state index is 11.9. The first kappa shape index (κ1) is 13.0. The third kappa shape index (κ3) is 2.68. The molecule has 6 nitrogen and oxygen atoms in total. The maximum Gasteiger partial charge on any atom is 0.340 e. The number of anilines is 1. The molecule has 0 bridgehead atoms. The highest BCUT2D eigenvalue weighted by Gasteiger charge is 2.25. The lowest BCUT2D eigenvalue weighted by Gasteiger charge is -2.20. The Bertz CT molecular complexity index is 466. The summed E-state index contributed by atoms with van der Waals surface area (Å²) in [6, 6.07) is 0. The molecule has 0 spiro atoms. The molecule has 2 rings (SSSR count). The molecule has 1 aliphatic rings. The summed E-state index contributed by atoms with van der Waals surface area (Å²) in [4.78, 5) is 23.0. The molecule has 0 saturated carbocycles. The van der Waals surface area contributed by atoms with Gasteiger partial charge in [0.05, 0.1) is 18.2 Å². The normalized spacial score (nSPS) is 19.5. The lowest BCUT2D eigenvalue weighted by Crippen LogP contribution is -2.30. The van der Waals surface area contributed by atoms with Gasteiger partial charge in [0.2, 0.25) is 5.91 Å². The molecule has 1 aromatic heterocycles. The number of rotatable bonds is 3. The van der Waals surface area contributed by atoms with Crippen LogP contribution >= 0.6 is 11.5 Å². The minimum Gasteiger partial charge on any atom is -0.478 e. The third-order valence-corrected chi connectivity index (χ3v) is 3.70. The number of carboxylic acids is 1. The summed E-state index contributed by atoms with van der Waals surface area (Å²) in [6.45, 7) is 2.69. The molecule has 0 aromatic carbocycles. The molecule has 1 atom stereocenters. The lowest BCUT2D eigenvalue weighted by atomic mass is 10.0. The van der Waals surface area contributed by atoms with E-state index in [9.17, 15) is 9.59 Å². The highest BCUT2D eigenvalue weighted by atomic mass is 32.1. The predicted molar refractivity (Wildman–Crippen MR) is 66.0 cm³/mol. The molecule has 98 valence electrons. The van der Waals surface area contributed by atoms with Crippen LogP contribution < -0.4 is 5.32 Å². The van der Waals surface area contributed by atoms with Crippen molar-refractivity contribution in [3.05, 3.63) is 11.3 Å². The zero-order valence-corrected chi connectivity index (χ0v) is 10.7. The van der Waals surface area contributed by atoms with Gasteiger partial charge in [-0.25, -0.2) is 4.79 Å². The predicted octanol–water partition coefficient (Wildman–Crippen LogP) is 1.51. The Morgan fingerprint density at radius 3 is 2.94 bits per heavy atom. The first-order chi connectivity index (χ1) is 8.59. The van der Waals surface area contributed by atoms with Crippen molar-refractivity contribution in [3.63, 3.8) is 0 Å². The molecule has 18 heavy (non-hydrogen) atoms. The Morgan fingerprint density at radius 2 is 2.33 bits per heavy atom. The molecule has 2 N–H and O–H groups in total. The number of amides is 1. The Morgan fingerprint density at radius 1 is 1.56 bits per heavy atom. The van der Waals surface area contributed by atoms with Crippen LogP contribution in [0.1, 0.15) is 28.9 Å². The van der Waals surface area contributed by atoms with Crippen LogP contribution in [0.15, 0.2) is 0 Å². The largest absolute Gasteiger partial charge is 0.478 e. The van der Waals surface area contributed by atoms with E-state index in [-0.39, 0.29) is 17.4 Å². The van der Waals surface area contributed by atoms with Gasteiger partial charge in [0.15, 0.2) is 0 Å². The lowest BCUT2D eigenvalue weighted by molar-refractivity contribution is -0.123. The van der Waals surface area contributed by atoms with Gasteiger partial charge in [-0.3, -0.25) is 4.79 Å². The van der Waals surface area contributed by atoms with E-state index >= 15 is 0 Å². The van der Waals surface area contributed by atoms with Crippen LogP contribution in [-0.4, -0.2) is 34.6 Å². The molecule has 1 aliphatic heterocycles. The number of aromatic carboxylic acids is 1. The number of hydrogen-bond acceptors (Lipinski definition) is 5. The number of nitrogens with one attached hydrogen (secondary N) is 1. The van der Waals surface area contributed by atoms with E-state index in [0.717, 1.165) is 24.4 Å². The van der Waals surface area contributed by atoms with E-state index in [4.69, 9.17) is 9.84 Å². The van der Waals surface area contributed by atoms with Crippen LogP contribution in [-0.2, 0) is 9.53 Å². The fraction of sp³-hybridized carbons (Fsp3) is 0.545. The van der Waals surface area contributed by atoms with Crippen LogP contribution in [0.4, 0.5) is 5.00 Å². The summed E-state index contributed by atoms with van der Waals surface area (Å²) in [5.74, 6) is -1.47. The molecule has 2 heterocycles. The molecule has 0 aliphatic carbocycles. The first-order valence-electron chi connectivity index (χ1n) is 5.67. The van der Waals surface area contributed by atoms with Crippen LogP contribution in [0.25, 0.3) is 0 Å². The summed E-state index contributed by atoms with van der Waals surface area (Å²) in [5.41, 5.74) is 0.493. The van der Waals surface area contributed by atoms with E-state index in [0.29, 0.717) is 23.9 Å². The summed E-state index contributed by atoms with van der Waals surface area (Å²) < 4.78 is 9.19. The molecule has 0 radical (unpaired) electrons. The van der Waals surface area contributed by atoms with Gasteiger partial charge in [0.1, 0.15) is 10.6 Å². The topological polar surface area (TPSA) is 88.5 Å². The summed E-state index contributed by atoms with van der Waals surface area (Å²) in [7, 11) is 0. The average Bonchev–Trinajstić information content (AvgIpc) is 2.71. The van der Waals surface area contributed by atoms with Crippen molar-refractivity contribution in [2.45, 2.75) is 19.8 Å². The van der Waals surface area contributed by atoms with E-state index in [1.165, 1.54) is 0 Å². The summed E-state index contributed by atoms with van der Waals surface area (Å²) >= 11 is 0.993. The molecular weight excluding hydrogens is 256 g/mol. The number of aryl methyl sites for hydroxylation is 1. The standard InChI is InChI=1S/C11H14N2O4S/c1-6-8(11(15)16)10(18-13-6)12-9(14)7-3-2-4-17-5-7/h7H,2-5H2,1H3,(H,12,14)(H,15,16). The van der Waals surface area contributed by atoms with E-state index in [1.807, 2.05) is 0 Å². The smallest absolute Gasteiger partial charge is 0.340 e. The summed E-state index contributed by atoms with van der Waals surface area (Å²) in [5, 5.41) is 12.0. The second kappa shape index (κ2) is 5.45. The van der Waals surface area contributed by atoms with E-state index < -0.39 is 5.97 Å². The molecule has 1 unspecified atom stereocenters. The second-order valence-corrected chi connectivity index (χ2v) is 4.95. The fourth-order valence-corrected chi connectivity index (χ4v) is 2.66. The second-order valence-electron chi connectivity index (χ2n) is 4.18. The Kier molecular flexibility index (Phi) is 3.93. The van der Waals surface area contributed by atoms with Crippen LogP contribution in [0.2, 0.25) is 0 Å². The molecule has 1 saturated heterocycles. The maximum absolute atomic E-state index is 11.9. The highest BCUT2D eigenvalue weighted by molar-refractivity contribution is 7.11. The summed E-state index contributed by atoms with van der Waals surface area (Å²) in [6.07, 6.45) is 1.62. The number of ether oxygens (including phenoxy) is 1. The van der Waals surface area contributed by atoms with Crippen LogP contribution in [0, 0.1) is 12.8 Å². The minimum atomic E-state index is -1.07. The number of aromatic nitrogens is 1. The Hall–Kier alpha value is -1.47. The molecule has 1 fully saturated rings. The number of carboxylic acid groups (broad SMARTS) is 1. The number of carbonyl (C=O) groups excluding carboxylic acids is 1. The van der Waals surface area contributed by atoms with Gasteiger partial charge in [-0.15, -0.1) is 0 Å². The van der Waals surface area contributed by atoms with Gasteiger partial charge in [-0.2, -0.15) is 4.37 Å². The van der Waals surface area contributed by atoms with Crippen molar-refractivity contribution in [1.29, 1.82) is 0 Å². The highest BCUT2D eigenvalue weighted by Crippen LogP contribution is 2.26. The van der Waals surface area contributed by atoms with Gasteiger partial charge in [-0.1, -0.05) is 0 Å². The Labute approximate surface area is 108 Å². The van der Waals surface area contributed by atoms with Crippen molar-refractivity contribution in [2.75, 3.05) is 18.5 Å². The fourth-order valence-electron chi connectivity index (χ4n) is 1.87. The van der Waals surface area contributed by atoms with Gasteiger partial charge in [0.25, 0.3) is 0 Å². The van der Waals surface area contributed by atoms with Crippen molar-refractivity contribution < 1.29 is 19.4 Å². The third-order valence-electron chi connectivity index (χ3n) is 2.84. The van der Waals surface area contributed by atoms with Gasteiger partial charge < -0.3 is 15.2 Å². The zero-order valence-electron chi connectivity index (χ0n) is 9.93. The number of carbonyl (C=O) groups is 2. The zero-order chi connectivity index (χ0) is 13.1.